The van der Waals surface area contributed by atoms with E-state index in [2.05, 4.69) is 4.98 Å². The summed E-state index contributed by atoms with van der Waals surface area (Å²) in [5.74, 6) is -0.259. The number of fused-ring (bicyclic) bond motifs is 1. The fraction of sp³-hybridized carbons (Fsp3) is 0.160. The molecule has 0 amide bonds. The number of non-ortho nitro benzene ring substituents is 1. The van der Waals surface area contributed by atoms with Crippen LogP contribution in [0.25, 0.3) is 22.3 Å². The molecule has 0 aliphatic carbocycles. The molecule has 0 fully saturated rings. The molecule has 7 nitrogen and oxygen atoms in total. The zero-order valence-electron chi connectivity index (χ0n) is 18.4. The lowest BCUT2D eigenvalue weighted by molar-refractivity contribution is -0.384. The van der Waals surface area contributed by atoms with E-state index in [0.717, 1.165) is 23.8 Å². The highest BCUT2D eigenvalue weighted by Gasteiger charge is 2.31. The molecule has 4 aromatic rings. The topological polar surface area (TPSA) is 95.1 Å². The van der Waals surface area contributed by atoms with Crippen LogP contribution in [-0.2, 0) is 23.9 Å². The Morgan fingerprint density at radius 3 is 2.40 bits per heavy atom. The summed E-state index contributed by atoms with van der Waals surface area (Å²) in [5.41, 5.74) is -1.08. The first-order valence-electron chi connectivity index (χ1n) is 10.5. The Morgan fingerprint density at radius 1 is 1.06 bits per heavy atom. The third-order valence-electron chi connectivity index (χ3n) is 5.46. The summed E-state index contributed by atoms with van der Waals surface area (Å²) in [6.07, 6.45) is -4.77. The van der Waals surface area contributed by atoms with E-state index in [0.29, 0.717) is 5.56 Å². The molecule has 0 N–H and O–H groups in total. The molecule has 0 atom stereocenters. The molecule has 0 unspecified atom stereocenters. The predicted octanol–water partition coefficient (Wildman–Crippen LogP) is 5.17. The second-order valence-corrected chi connectivity index (χ2v) is 8.02. The number of ketones is 1. The second kappa shape index (κ2) is 9.13. The van der Waals surface area contributed by atoms with E-state index in [-0.39, 0.29) is 46.7 Å². The Labute approximate surface area is 196 Å². The average molecular weight is 481 g/mol. The molecule has 1 aromatic heterocycles. The van der Waals surface area contributed by atoms with Crippen LogP contribution in [0, 0.1) is 10.1 Å². The number of hydrogen-bond acceptors (Lipinski definition) is 5. The van der Waals surface area contributed by atoms with E-state index >= 15 is 0 Å². The lowest BCUT2D eigenvalue weighted by atomic mass is 9.99. The van der Waals surface area contributed by atoms with Gasteiger partial charge in [0, 0.05) is 24.1 Å². The molecule has 0 spiro atoms. The lowest BCUT2D eigenvalue weighted by Gasteiger charge is -2.15. The number of benzene rings is 3. The zero-order chi connectivity index (χ0) is 25.3. The molecule has 0 saturated carbocycles. The Morgan fingerprint density at radius 2 is 1.77 bits per heavy atom. The molecule has 178 valence electrons. The maximum Gasteiger partial charge on any atom is 0.416 e. The molecule has 0 aliphatic rings. The number of nitro benzene ring substituents is 1. The van der Waals surface area contributed by atoms with E-state index in [1.165, 1.54) is 29.7 Å². The smallest absolute Gasteiger partial charge is 0.300 e. The van der Waals surface area contributed by atoms with Gasteiger partial charge in [-0.15, -0.1) is 0 Å². The van der Waals surface area contributed by atoms with Crippen LogP contribution in [0.15, 0.2) is 71.5 Å². The molecule has 4 rings (SSSR count). The summed E-state index contributed by atoms with van der Waals surface area (Å²) in [5, 5.41) is 11.4. The number of nitrogens with zero attached hydrogens (tertiary/aromatic N) is 3. The van der Waals surface area contributed by atoms with Crippen molar-refractivity contribution in [1.82, 2.24) is 9.55 Å². The van der Waals surface area contributed by atoms with E-state index in [9.17, 15) is 32.9 Å². The number of carbonyl (C=O) groups is 1. The van der Waals surface area contributed by atoms with Crippen molar-refractivity contribution in [3.05, 3.63) is 104 Å². The molecule has 10 heteroatoms. The van der Waals surface area contributed by atoms with Crippen molar-refractivity contribution in [1.29, 1.82) is 0 Å². The average Bonchev–Trinajstić information content (AvgIpc) is 2.80. The highest BCUT2D eigenvalue weighted by atomic mass is 19.4. The first-order valence-corrected chi connectivity index (χ1v) is 10.5. The highest BCUT2D eigenvalue weighted by molar-refractivity contribution is 5.83. The monoisotopic (exact) mass is 481 g/mol. The van der Waals surface area contributed by atoms with Gasteiger partial charge in [0.05, 0.1) is 28.1 Å². The van der Waals surface area contributed by atoms with Crippen molar-refractivity contribution in [3.8, 4) is 11.3 Å². The van der Waals surface area contributed by atoms with E-state index < -0.39 is 22.2 Å². The number of nitro groups is 1. The van der Waals surface area contributed by atoms with Crippen LogP contribution in [0.4, 0.5) is 18.9 Å². The third-order valence-corrected chi connectivity index (χ3v) is 5.46. The number of halogens is 3. The van der Waals surface area contributed by atoms with Crippen LogP contribution >= 0.6 is 0 Å². The quantitative estimate of drug-likeness (QED) is 0.280. The fourth-order valence-corrected chi connectivity index (χ4v) is 3.84. The maximum absolute atomic E-state index is 13.6. The first kappa shape index (κ1) is 23.8. The first-order chi connectivity index (χ1) is 16.5. The van der Waals surface area contributed by atoms with Gasteiger partial charge in [0.25, 0.3) is 11.2 Å². The van der Waals surface area contributed by atoms with Crippen LogP contribution in [0.3, 0.4) is 0 Å². The van der Waals surface area contributed by atoms with Gasteiger partial charge >= 0.3 is 6.18 Å². The minimum absolute atomic E-state index is 0.0283. The van der Waals surface area contributed by atoms with Gasteiger partial charge in [0.15, 0.2) is 0 Å². The Hall–Kier alpha value is -4.34. The lowest BCUT2D eigenvalue weighted by Crippen LogP contribution is -2.25. The van der Waals surface area contributed by atoms with Gasteiger partial charge < -0.3 is 4.57 Å². The number of rotatable bonds is 6. The molecule has 0 bridgehead atoms. The predicted molar refractivity (Wildman–Crippen MR) is 123 cm³/mol. The van der Waals surface area contributed by atoms with Gasteiger partial charge in [0.1, 0.15) is 11.5 Å². The van der Waals surface area contributed by atoms with Gasteiger partial charge in [-0.25, -0.2) is 4.98 Å². The Kier molecular flexibility index (Phi) is 6.21. The van der Waals surface area contributed by atoms with E-state index in [1.807, 2.05) is 0 Å². The van der Waals surface area contributed by atoms with Crippen molar-refractivity contribution in [2.45, 2.75) is 26.1 Å². The molecule has 0 radical (unpaired) electrons. The van der Waals surface area contributed by atoms with Crippen molar-refractivity contribution < 1.29 is 22.9 Å². The molecule has 0 saturated heterocycles. The molecule has 3 aromatic carbocycles. The van der Waals surface area contributed by atoms with Gasteiger partial charge in [-0.05, 0) is 36.2 Å². The number of hydrogen-bond donors (Lipinski definition) is 0. The van der Waals surface area contributed by atoms with Crippen molar-refractivity contribution >= 4 is 22.5 Å². The van der Waals surface area contributed by atoms with Gasteiger partial charge in [0.2, 0.25) is 0 Å². The van der Waals surface area contributed by atoms with Crippen molar-refractivity contribution in [2.24, 2.45) is 0 Å². The van der Waals surface area contributed by atoms with E-state index in [4.69, 9.17) is 0 Å². The van der Waals surface area contributed by atoms with Crippen LogP contribution in [0.2, 0.25) is 0 Å². The molecular weight excluding hydrogens is 463 g/mol. The number of aromatic nitrogens is 2. The SMILES string of the molecule is CC(=O)Cc1ccc([N+](=O)[O-])cc1-c1nc2cc(C(F)(F)F)ccc2n(Cc2ccccc2)c1=O. The maximum atomic E-state index is 13.6. The van der Waals surface area contributed by atoms with E-state index in [1.54, 1.807) is 30.3 Å². The highest BCUT2D eigenvalue weighted by Crippen LogP contribution is 2.32. The zero-order valence-corrected chi connectivity index (χ0v) is 18.4. The molecule has 1 heterocycles. The summed E-state index contributed by atoms with van der Waals surface area (Å²) in [6.45, 7) is 1.36. The Balaban J connectivity index is 2.05. The minimum atomic E-state index is -4.64. The normalized spacial score (nSPS) is 11.5. The summed E-state index contributed by atoms with van der Waals surface area (Å²) in [6, 6.07) is 15.4. The van der Waals surface area contributed by atoms with Crippen LogP contribution in [0.1, 0.15) is 23.6 Å². The standard InChI is InChI=1S/C25H18F3N3O4/c1-15(32)11-17-7-9-19(31(34)35)13-20(17)23-24(33)30(14-16-5-3-2-4-6-16)22-10-8-18(25(26,27)28)12-21(22)29-23/h2-10,12-13H,11,14H2,1H3. The largest absolute Gasteiger partial charge is 0.416 e. The summed E-state index contributed by atoms with van der Waals surface area (Å²) >= 11 is 0. The minimum Gasteiger partial charge on any atom is -0.300 e. The second-order valence-electron chi connectivity index (χ2n) is 8.02. The number of Topliss-reactive ketones (excluding diaryl/α,β-unsaturated/α-hetero) is 1. The van der Waals surface area contributed by atoms with Crippen LogP contribution < -0.4 is 5.56 Å². The van der Waals surface area contributed by atoms with Gasteiger partial charge in [-0.3, -0.25) is 19.7 Å². The van der Waals surface area contributed by atoms with Crippen LogP contribution in [0.5, 0.6) is 0 Å². The fourth-order valence-electron chi connectivity index (χ4n) is 3.84. The summed E-state index contributed by atoms with van der Waals surface area (Å²) in [7, 11) is 0. The van der Waals surface area contributed by atoms with Crippen molar-refractivity contribution in [3.63, 3.8) is 0 Å². The number of alkyl halides is 3. The molecule has 0 aliphatic heterocycles. The molecular formula is C25H18F3N3O4. The van der Waals surface area contributed by atoms with Gasteiger partial charge in [-0.2, -0.15) is 13.2 Å². The summed E-state index contributed by atoms with van der Waals surface area (Å²) < 4.78 is 41.5. The van der Waals surface area contributed by atoms with Gasteiger partial charge in [-0.1, -0.05) is 36.4 Å². The summed E-state index contributed by atoms with van der Waals surface area (Å²) in [4.78, 5) is 40.4. The van der Waals surface area contributed by atoms with Crippen LogP contribution in [-0.4, -0.2) is 20.3 Å². The Bertz CT molecular complexity index is 1510. The molecule has 35 heavy (non-hydrogen) atoms. The van der Waals surface area contributed by atoms with Crippen molar-refractivity contribution in [2.75, 3.05) is 0 Å². The number of carbonyl (C=O) groups excluding carboxylic acids is 1. The third kappa shape index (κ3) is 4.96.